The molecule has 0 aliphatic carbocycles. The molecule has 4 aromatic rings. The lowest BCUT2D eigenvalue weighted by atomic mass is 10.1. The van der Waals surface area contributed by atoms with Gasteiger partial charge in [0.25, 0.3) is 5.56 Å². The van der Waals surface area contributed by atoms with Crippen LogP contribution in [0.3, 0.4) is 0 Å². The van der Waals surface area contributed by atoms with Crippen molar-refractivity contribution in [2.24, 2.45) is 0 Å². The maximum absolute atomic E-state index is 12.8. The number of thiazole rings is 1. The molecule has 2 heterocycles. The highest BCUT2D eigenvalue weighted by molar-refractivity contribution is 7.15. The fourth-order valence-electron chi connectivity index (χ4n) is 2.93. The average Bonchev–Trinajstić information content (AvgIpc) is 3.26. The molecule has 0 N–H and O–H groups in total. The molecule has 4 rings (SSSR count). The lowest BCUT2D eigenvalue weighted by Crippen LogP contribution is -2.23. The van der Waals surface area contributed by atoms with Crippen molar-refractivity contribution < 1.29 is 9.47 Å². The predicted octanol–water partition coefficient (Wildman–Crippen LogP) is 3.25. The molecule has 0 saturated heterocycles. The van der Waals surface area contributed by atoms with Gasteiger partial charge in [-0.2, -0.15) is 9.50 Å². The van der Waals surface area contributed by atoms with Crippen molar-refractivity contribution in [2.75, 3.05) is 13.7 Å². The standard InChI is InChI=1S/C22H19N3O3S/c1-4-10-28-17-9-8-15(12-18(17)27-3)13-19-21(26)25-22(29-19)23-20(24-25)16-7-5-6-14(2)11-16/h4-9,11-13H,1,10H2,2-3H3/b19-13+. The fourth-order valence-corrected chi connectivity index (χ4v) is 3.84. The highest BCUT2D eigenvalue weighted by Gasteiger charge is 2.12. The number of rotatable bonds is 6. The summed E-state index contributed by atoms with van der Waals surface area (Å²) in [4.78, 5) is 17.9. The molecule has 0 fully saturated rings. The summed E-state index contributed by atoms with van der Waals surface area (Å²) in [6.45, 7) is 6.04. The second kappa shape index (κ2) is 7.89. The Hall–Kier alpha value is -3.45. The molecule has 29 heavy (non-hydrogen) atoms. The molecule has 0 unspecified atom stereocenters. The first-order chi connectivity index (χ1) is 14.1. The summed E-state index contributed by atoms with van der Waals surface area (Å²) < 4.78 is 12.9. The Labute approximate surface area is 171 Å². The SMILES string of the molecule is C=CCOc1ccc(/C=c2/sc3nc(-c4cccc(C)c4)nn3c2=O)cc1OC. The fraction of sp³-hybridized carbons (Fsp3) is 0.136. The first kappa shape index (κ1) is 18.9. The van der Waals surface area contributed by atoms with Crippen molar-refractivity contribution in [3.63, 3.8) is 0 Å². The molecule has 7 heteroatoms. The summed E-state index contributed by atoms with van der Waals surface area (Å²) >= 11 is 1.31. The van der Waals surface area contributed by atoms with Gasteiger partial charge in [-0.25, -0.2) is 0 Å². The van der Waals surface area contributed by atoms with Crippen LogP contribution in [0.25, 0.3) is 22.4 Å². The largest absolute Gasteiger partial charge is 0.493 e. The Kier molecular flexibility index (Phi) is 5.14. The third-order valence-corrected chi connectivity index (χ3v) is 5.26. The number of fused-ring (bicyclic) bond motifs is 1. The molecule has 0 aliphatic heterocycles. The molecular weight excluding hydrogens is 386 g/mol. The minimum Gasteiger partial charge on any atom is -0.493 e. The van der Waals surface area contributed by atoms with Crippen molar-refractivity contribution in [1.29, 1.82) is 0 Å². The van der Waals surface area contributed by atoms with Crippen LogP contribution in [0.2, 0.25) is 0 Å². The number of hydrogen-bond acceptors (Lipinski definition) is 6. The molecule has 0 radical (unpaired) electrons. The van der Waals surface area contributed by atoms with Crippen LogP contribution in [-0.4, -0.2) is 28.3 Å². The maximum atomic E-state index is 12.8. The number of benzene rings is 2. The quantitative estimate of drug-likeness (QED) is 0.461. The molecule has 2 aromatic heterocycles. The zero-order valence-electron chi connectivity index (χ0n) is 16.1. The van der Waals surface area contributed by atoms with Crippen LogP contribution in [-0.2, 0) is 0 Å². The van der Waals surface area contributed by atoms with E-state index in [2.05, 4.69) is 16.7 Å². The van der Waals surface area contributed by atoms with Crippen LogP contribution < -0.4 is 19.6 Å². The van der Waals surface area contributed by atoms with Gasteiger partial charge in [0.2, 0.25) is 4.96 Å². The second-order valence-corrected chi connectivity index (χ2v) is 7.43. The van der Waals surface area contributed by atoms with Gasteiger partial charge in [0.15, 0.2) is 17.3 Å². The van der Waals surface area contributed by atoms with E-state index in [9.17, 15) is 4.79 Å². The van der Waals surface area contributed by atoms with Crippen molar-refractivity contribution in [3.8, 4) is 22.9 Å². The van der Waals surface area contributed by atoms with Crippen LogP contribution >= 0.6 is 11.3 Å². The Morgan fingerprint density at radius 3 is 2.79 bits per heavy atom. The number of methoxy groups -OCH3 is 1. The highest BCUT2D eigenvalue weighted by atomic mass is 32.1. The van der Waals surface area contributed by atoms with Crippen molar-refractivity contribution >= 4 is 22.4 Å². The molecule has 0 spiro atoms. The van der Waals surface area contributed by atoms with Crippen molar-refractivity contribution in [3.05, 3.63) is 81.1 Å². The summed E-state index contributed by atoms with van der Waals surface area (Å²) in [6.07, 6.45) is 3.47. The average molecular weight is 405 g/mol. The Bertz CT molecular complexity index is 1310. The summed E-state index contributed by atoms with van der Waals surface area (Å²) in [6, 6.07) is 13.4. The van der Waals surface area contributed by atoms with Crippen LogP contribution in [0.4, 0.5) is 0 Å². The number of ether oxygens (including phenoxy) is 2. The van der Waals surface area contributed by atoms with E-state index in [1.807, 2.05) is 49.4 Å². The number of aryl methyl sites for hydroxylation is 1. The van der Waals surface area contributed by atoms with E-state index >= 15 is 0 Å². The summed E-state index contributed by atoms with van der Waals surface area (Å²) in [5.41, 5.74) is 2.65. The van der Waals surface area contributed by atoms with Crippen molar-refractivity contribution in [2.45, 2.75) is 6.92 Å². The van der Waals surface area contributed by atoms with E-state index in [0.717, 1.165) is 16.7 Å². The summed E-state index contributed by atoms with van der Waals surface area (Å²) in [5, 5.41) is 4.40. The second-order valence-electron chi connectivity index (χ2n) is 6.43. The number of aromatic nitrogens is 3. The Morgan fingerprint density at radius 2 is 2.07 bits per heavy atom. The van der Waals surface area contributed by atoms with Gasteiger partial charge >= 0.3 is 0 Å². The van der Waals surface area contributed by atoms with E-state index in [0.29, 0.717) is 33.4 Å². The van der Waals surface area contributed by atoms with Gasteiger partial charge in [-0.1, -0.05) is 53.8 Å². The van der Waals surface area contributed by atoms with Gasteiger partial charge in [-0.15, -0.1) is 5.10 Å². The third kappa shape index (κ3) is 3.77. The zero-order chi connectivity index (χ0) is 20.4. The lowest BCUT2D eigenvalue weighted by Gasteiger charge is -2.09. The van der Waals surface area contributed by atoms with E-state index in [-0.39, 0.29) is 5.56 Å². The minimum atomic E-state index is -0.192. The summed E-state index contributed by atoms with van der Waals surface area (Å²) in [7, 11) is 1.58. The molecule has 0 saturated carbocycles. The van der Waals surface area contributed by atoms with Crippen LogP contribution in [0.15, 0.2) is 59.9 Å². The molecule has 0 bridgehead atoms. The first-order valence-corrected chi connectivity index (χ1v) is 9.81. The van der Waals surface area contributed by atoms with Gasteiger partial charge < -0.3 is 9.47 Å². The zero-order valence-corrected chi connectivity index (χ0v) is 16.9. The topological polar surface area (TPSA) is 65.7 Å². The smallest absolute Gasteiger partial charge is 0.291 e. The van der Waals surface area contributed by atoms with E-state index < -0.39 is 0 Å². The maximum Gasteiger partial charge on any atom is 0.291 e. The Morgan fingerprint density at radius 1 is 1.21 bits per heavy atom. The molecule has 0 atom stereocenters. The molecule has 0 aliphatic rings. The van der Waals surface area contributed by atoms with Gasteiger partial charge in [0.1, 0.15) is 6.61 Å². The van der Waals surface area contributed by atoms with Gasteiger partial charge in [-0.3, -0.25) is 4.79 Å². The monoisotopic (exact) mass is 405 g/mol. The predicted molar refractivity (Wildman–Crippen MR) is 115 cm³/mol. The Balaban J connectivity index is 1.72. The van der Waals surface area contributed by atoms with Crippen molar-refractivity contribution in [1.82, 2.24) is 14.6 Å². The first-order valence-electron chi connectivity index (χ1n) is 8.99. The normalized spacial score (nSPS) is 11.7. The third-order valence-electron chi connectivity index (χ3n) is 4.30. The number of hydrogen-bond donors (Lipinski definition) is 0. The van der Waals surface area contributed by atoms with Crippen LogP contribution in [0.1, 0.15) is 11.1 Å². The highest BCUT2D eigenvalue weighted by Crippen LogP contribution is 2.28. The molecule has 146 valence electrons. The van der Waals surface area contributed by atoms with Gasteiger partial charge in [0.05, 0.1) is 11.6 Å². The molecule has 0 amide bonds. The van der Waals surface area contributed by atoms with Crippen LogP contribution in [0.5, 0.6) is 11.5 Å². The minimum absolute atomic E-state index is 0.192. The number of nitrogens with zero attached hydrogens (tertiary/aromatic N) is 3. The molecule has 6 nitrogen and oxygen atoms in total. The van der Waals surface area contributed by atoms with Crippen LogP contribution in [0, 0.1) is 6.92 Å². The molecule has 2 aromatic carbocycles. The van der Waals surface area contributed by atoms with Gasteiger partial charge in [-0.05, 0) is 36.8 Å². The van der Waals surface area contributed by atoms with E-state index in [4.69, 9.17) is 9.47 Å². The van der Waals surface area contributed by atoms with E-state index in [1.54, 1.807) is 19.3 Å². The lowest BCUT2D eigenvalue weighted by molar-refractivity contribution is 0.326. The summed E-state index contributed by atoms with van der Waals surface area (Å²) in [5.74, 6) is 1.76. The molecular formula is C22H19N3O3S. The van der Waals surface area contributed by atoms with Gasteiger partial charge in [0, 0.05) is 5.56 Å². The van der Waals surface area contributed by atoms with E-state index in [1.165, 1.54) is 15.9 Å².